The third kappa shape index (κ3) is 5.04. The number of piperidine rings is 1. The second kappa shape index (κ2) is 5.82. The molecule has 1 aliphatic heterocycles. The Hall–Kier alpha value is -0.620. The largest absolute Gasteiger partial charge is 0.344 e. The predicted octanol–water partition coefficient (Wildman–Crippen LogP) is -0.265. The first kappa shape index (κ1) is 14.4. The van der Waals surface area contributed by atoms with Crippen LogP contribution in [0.3, 0.4) is 0 Å². The quantitative estimate of drug-likeness (QED) is 0.758. The lowest BCUT2D eigenvalue weighted by Gasteiger charge is -2.30. The molecule has 2 atom stereocenters. The maximum absolute atomic E-state index is 12.1. The molecule has 0 bridgehead atoms. The fraction of sp³-hybridized carbons (Fsp3) is 0.909. The fourth-order valence-corrected chi connectivity index (χ4v) is 2.67. The molecule has 1 fully saturated rings. The minimum atomic E-state index is -3.00. The van der Waals surface area contributed by atoms with E-state index in [4.69, 9.17) is 0 Å². The molecule has 5 nitrogen and oxygen atoms in total. The van der Waals surface area contributed by atoms with E-state index in [1.807, 2.05) is 0 Å². The van der Waals surface area contributed by atoms with E-state index in [1.54, 1.807) is 7.05 Å². The molecule has 0 aliphatic carbocycles. The fourth-order valence-electron chi connectivity index (χ4n) is 2.07. The van der Waals surface area contributed by atoms with Crippen LogP contribution in [0.1, 0.15) is 13.3 Å². The van der Waals surface area contributed by atoms with Gasteiger partial charge in [0.1, 0.15) is 9.84 Å². The van der Waals surface area contributed by atoms with Crippen LogP contribution in [0.4, 0.5) is 0 Å². The van der Waals surface area contributed by atoms with Crippen molar-refractivity contribution in [2.24, 2.45) is 11.8 Å². The Morgan fingerprint density at radius 1 is 1.41 bits per heavy atom. The first-order valence-corrected chi connectivity index (χ1v) is 7.99. The number of hydrogen-bond acceptors (Lipinski definition) is 4. The number of sulfone groups is 1. The van der Waals surface area contributed by atoms with Crippen LogP contribution in [0.25, 0.3) is 0 Å². The van der Waals surface area contributed by atoms with Gasteiger partial charge in [0.25, 0.3) is 0 Å². The highest BCUT2D eigenvalue weighted by molar-refractivity contribution is 7.90. The first-order valence-electron chi connectivity index (χ1n) is 5.93. The van der Waals surface area contributed by atoms with Crippen LogP contribution in [0.15, 0.2) is 0 Å². The third-order valence-electron chi connectivity index (χ3n) is 3.09. The van der Waals surface area contributed by atoms with E-state index in [1.165, 1.54) is 11.2 Å². The van der Waals surface area contributed by atoms with Gasteiger partial charge in [-0.3, -0.25) is 4.79 Å². The zero-order valence-electron chi connectivity index (χ0n) is 10.8. The summed E-state index contributed by atoms with van der Waals surface area (Å²) in [5.41, 5.74) is 0. The van der Waals surface area contributed by atoms with Crippen LogP contribution in [0, 0.1) is 11.8 Å². The molecule has 1 amide bonds. The van der Waals surface area contributed by atoms with Crippen molar-refractivity contribution in [3.8, 4) is 0 Å². The second-order valence-corrected chi connectivity index (χ2v) is 7.35. The molecule has 0 spiro atoms. The van der Waals surface area contributed by atoms with Crippen LogP contribution in [0.5, 0.6) is 0 Å². The molecule has 1 rings (SSSR count). The van der Waals surface area contributed by atoms with E-state index in [2.05, 4.69) is 12.2 Å². The molecule has 1 saturated heterocycles. The minimum Gasteiger partial charge on any atom is -0.344 e. The van der Waals surface area contributed by atoms with Crippen molar-refractivity contribution in [2.45, 2.75) is 13.3 Å². The lowest BCUT2D eigenvalue weighted by Crippen LogP contribution is -2.45. The van der Waals surface area contributed by atoms with Gasteiger partial charge in [-0.1, -0.05) is 6.92 Å². The van der Waals surface area contributed by atoms with Gasteiger partial charge in [-0.15, -0.1) is 0 Å². The molecule has 1 aliphatic rings. The molecule has 0 saturated carbocycles. The van der Waals surface area contributed by atoms with Crippen LogP contribution >= 0.6 is 0 Å². The predicted molar refractivity (Wildman–Crippen MR) is 67.5 cm³/mol. The molecule has 17 heavy (non-hydrogen) atoms. The lowest BCUT2D eigenvalue weighted by molar-refractivity contribution is -0.134. The molecule has 6 heteroatoms. The first-order chi connectivity index (χ1) is 7.79. The van der Waals surface area contributed by atoms with Crippen LogP contribution in [-0.4, -0.2) is 57.9 Å². The van der Waals surface area contributed by atoms with Gasteiger partial charge < -0.3 is 10.2 Å². The highest BCUT2D eigenvalue weighted by Crippen LogP contribution is 2.17. The Bertz CT molecular complexity index is 367. The standard InChI is InChI=1S/C11H22N2O3S/c1-9-6-10(8-12-7-9)11(14)13(2)4-5-17(3,15)16/h9-10,12H,4-8H2,1-3H3. The smallest absolute Gasteiger partial charge is 0.226 e. The van der Waals surface area contributed by atoms with Crippen molar-refractivity contribution in [1.82, 2.24) is 10.2 Å². The number of hydrogen-bond donors (Lipinski definition) is 1. The topological polar surface area (TPSA) is 66.5 Å². The molecular formula is C11H22N2O3S. The summed E-state index contributed by atoms with van der Waals surface area (Å²) in [7, 11) is -1.33. The van der Waals surface area contributed by atoms with E-state index >= 15 is 0 Å². The molecular weight excluding hydrogens is 240 g/mol. The van der Waals surface area contributed by atoms with Gasteiger partial charge in [0, 0.05) is 26.4 Å². The summed E-state index contributed by atoms with van der Waals surface area (Å²) >= 11 is 0. The Morgan fingerprint density at radius 2 is 2.06 bits per heavy atom. The molecule has 0 aromatic carbocycles. The summed E-state index contributed by atoms with van der Waals surface area (Å²) in [4.78, 5) is 13.6. The minimum absolute atomic E-state index is 0.0108. The zero-order valence-corrected chi connectivity index (χ0v) is 11.6. The summed E-state index contributed by atoms with van der Waals surface area (Å²) in [6.45, 7) is 4.05. The molecule has 0 aromatic rings. The molecule has 0 aromatic heterocycles. The van der Waals surface area contributed by atoms with Crippen LogP contribution in [-0.2, 0) is 14.6 Å². The highest BCUT2D eigenvalue weighted by atomic mass is 32.2. The average Bonchev–Trinajstić information content (AvgIpc) is 2.24. The Kier molecular flexibility index (Phi) is 4.94. The van der Waals surface area contributed by atoms with Crippen molar-refractivity contribution in [3.05, 3.63) is 0 Å². The number of nitrogens with one attached hydrogen (secondary N) is 1. The average molecular weight is 262 g/mol. The molecule has 100 valence electrons. The van der Waals surface area contributed by atoms with Crippen molar-refractivity contribution < 1.29 is 13.2 Å². The van der Waals surface area contributed by atoms with Gasteiger partial charge in [0.05, 0.1) is 11.7 Å². The van der Waals surface area contributed by atoms with Crippen LogP contribution in [0.2, 0.25) is 0 Å². The summed E-state index contributed by atoms with van der Waals surface area (Å²) in [6.07, 6.45) is 2.07. The van der Waals surface area contributed by atoms with Gasteiger partial charge in [-0.25, -0.2) is 8.42 Å². The van der Waals surface area contributed by atoms with Gasteiger partial charge in [-0.2, -0.15) is 0 Å². The van der Waals surface area contributed by atoms with Gasteiger partial charge in [-0.05, 0) is 18.9 Å². The van der Waals surface area contributed by atoms with E-state index < -0.39 is 9.84 Å². The van der Waals surface area contributed by atoms with Gasteiger partial charge in [0.2, 0.25) is 5.91 Å². The van der Waals surface area contributed by atoms with Crippen molar-refractivity contribution in [3.63, 3.8) is 0 Å². The Balaban J connectivity index is 2.45. The van der Waals surface area contributed by atoms with Crippen molar-refractivity contribution in [1.29, 1.82) is 0 Å². The summed E-state index contributed by atoms with van der Waals surface area (Å²) in [5, 5.41) is 3.23. The maximum atomic E-state index is 12.1. The van der Waals surface area contributed by atoms with Gasteiger partial charge in [0.15, 0.2) is 0 Å². The third-order valence-corrected chi connectivity index (χ3v) is 4.02. The SMILES string of the molecule is CC1CNCC(C(=O)N(C)CCS(C)(=O)=O)C1. The highest BCUT2D eigenvalue weighted by Gasteiger charge is 2.27. The summed E-state index contributed by atoms with van der Waals surface area (Å²) < 4.78 is 22.1. The number of rotatable bonds is 4. The lowest BCUT2D eigenvalue weighted by atomic mass is 9.91. The second-order valence-electron chi connectivity index (χ2n) is 5.09. The van der Waals surface area contributed by atoms with Gasteiger partial charge >= 0.3 is 0 Å². The van der Waals surface area contributed by atoms with Crippen molar-refractivity contribution >= 4 is 15.7 Å². The summed E-state index contributed by atoms with van der Waals surface area (Å²) in [5.74, 6) is 0.572. The summed E-state index contributed by atoms with van der Waals surface area (Å²) in [6, 6.07) is 0. The number of amides is 1. The zero-order chi connectivity index (χ0) is 13.1. The van der Waals surface area contributed by atoms with E-state index in [0.29, 0.717) is 12.5 Å². The maximum Gasteiger partial charge on any atom is 0.226 e. The molecule has 2 unspecified atom stereocenters. The Morgan fingerprint density at radius 3 is 2.59 bits per heavy atom. The number of nitrogens with zero attached hydrogens (tertiary/aromatic N) is 1. The Labute approximate surface area is 103 Å². The van der Waals surface area contributed by atoms with E-state index in [-0.39, 0.29) is 24.1 Å². The molecule has 0 radical (unpaired) electrons. The number of carbonyl (C=O) groups excluding carboxylic acids is 1. The monoisotopic (exact) mass is 262 g/mol. The van der Waals surface area contributed by atoms with Crippen LogP contribution < -0.4 is 5.32 Å². The number of carbonyl (C=O) groups is 1. The van der Waals surface area contributed by atoms with E-state index in [9.17, 15) is 13.2 Å². The normalized spacial score (nSPS) is 25.6. The van der Waals surface area contributed by atoms with Crippen molar-refractivity contribution in [2.75, 3.05) is 38.7 Å². The molecule has 1 N–H and O–H groups in total. The molecule has 1 heterocycles. The van der Waals surface area contributed by atoms with E-state index in [0.717, 1.165) is 13.0 Å².